The van der Waals surface area contributed by atoms with Crippen molar-refractivity contribution in [2.45, 2.75) is 31.0 Å². The van der Waals surface area contributed by atoms with Gasteiger partial charge in [-0.25, -0.2) is 15.0 Å². The number of imidazole rings is 1. The van der Waals surface area contributed by atoms with Gasteiger partial charge in [0.2, 0.25) is 5.91 Å². The number of fused-ring (bicyclic) bond motifs is 1. The van der Waals surface area contributed by atoms with Gasteiger partial charge in [0, 0.05) is 31.4 Å². The lowest BCUT2D eigenvalue weighted by molar-refractivity contribution is -0.146. The number of aromatic nitrogens is 5. The summed E-state index contributed by atoms with van der Waals surface area (Å²) in [5.41, 5.74) is 1.17. The molecule has 0 saturated carbocycles. The Morgan fingerprint density at radius 2 is 2.16 bits per heavy atom. The molecule has 0 radical (unpaired) electrons. The first-order valence-corrected chi connectivity index (χ1v) is 9.75. The summed E-state index contributed by atoms with van der Waals surface area (Å²) in [6.07, 6.45) is -3.96. The standard InChI is InChI=1S/C18H17ClF3N7O3/c1-23-14-12-15(28-13(27-14)8-2-9(19)5-24-4-8)29(7-26-12)17-10(30)3-11(32-17)16(31)25-6-18(20,21)22/h2,4-5,7,10-11,17,30H,3,6H2,1H3,(H,25,31)(H,23,27,28)/t10-,11+,17-/m1/s1. The molecule has 170 valence electrons. The number of nitrogens with one attached hydrogen (secondary N) is 2. The van der Waals surface area contributed by atoms with Crippen LogP contribution in [0.15, 0.2) is 24.8 Å². The van der Waals surface area contributed by atoms with Crippen LogP contribution in [0.4, 0.5) is 19.0 Å². The summed E-state index contributed by atoms with van der Waals surface area (Å²) in [6, 6.07) is 1.62. The second-order valence-electron chi connectivity index (χ2n) is 7.01. The van der Waals surface area contributed by atoms with Gasteiger partial charge in [0.05, 0.1) is 11.3 Å². The van der Waals surface area contributed by atoms with Crippen LogP contribution in [0, 0.1) is 0 Å². The molecule has 32 heavy (non-hydrogen) atoms. The topological polar surface area (TPSA) is 127 Å². The van der Waals surface area contributed by atoms with Crippen molar-refractivity contribution >= 4 is 34.5 Å². The molecule has 0 aliphatic carbocycles. The van der Waals surface area contributed by atoms with E-state index in [1.165, 1.54) is 23.3 Å². The monoisotopic (exact) mass is 471 g/mol. The number of pyridine rings is 1. The third kappa shape index (κ3) is 4.45. The fourth-order valence-corrected chi connectivity index (χ4v) is 3.49. The van der Waals surface area contributed by atoms with E-state index in [-0.39, 0.29) is 17.9 Å². The summed E-state index contributed by atoms with van der Waals surface area (Å²) in [7, 11) is 1.64. The van der Waals surface area contributed by atoms with E-state index >= 15 is 0 Å². The number of aliphatic hydroxyl groups is 1. The average molecular weight is 472 g/mol. The predicted molar refractivity (Wildman–Crippen MR) is 107 cm³/mol. The van der Waals surface area contributed by atoms with E-state index in [1.807, 2.05) is 0 Å². The first-order chi connectivity index (χ1) is 15.2. The minimum atomic E-state index is -4.56. The quantitative estimate of drug-likeness (QED) is 0.515. The fraction of sp³-hybridized carbons (Fsp3) is 0.389. The number of rotatable bonds is 5. The van der Waals surface area contributed by atoms with Crippen LogP contribution in [0.3, 0.4) is 0 Å². The number of nitrogens with zero attached hydrogens (tertiary/aromatic N) is 5. The Labute approximate surface area is 183 Å². The lowest BCUT2D eigenvalue weighted by Gasteiger charge is -2.17. The highest BCUT2D eigenvalue weighted by Crippen LogP contribution is 2.33. The Hall–Kier alpha value is -3.03. The molecular formula is C18H17ClF3N7O3. The van der Waals surface area contributed by atoms with Gasteiger partial charge < -0.3 is 20.5 Å². The summed E-state index contributed by atoms with van der Waals surface area (Å²) in [4.78, 5) is 29.2. The number of anilines is 1. The molecule has 10 nitrogen and oxygen atoms in total. The number of halogens is 4. The molecule has 0 spiro atoms. The summed E-state index contributed by atoms with van der Waals surface area (Å²) in [6.45, 7) is -1.49. The molecular weight excluding hydrogens is 455 g/mol. The maximum absolute atomic E-state index is 12.4. The van der Waals surface area contributed by atoms with Crippen LogP contribution in [0.5, 0.6) is 0 Å². The summed E-state index contributed by atoms with van der Waals surface area (Å²) >= 11 is 6.01. The first kappa shape index (κ1) is 22.2. The molecule has 1 amide bonds. The summed E-state index contributed by atoms with van der Waals surface area (Å²) in [5.74, 6) is -0.314. The summed E-state index contributed by atoms with van der Waals surface area (Å²) < 4.78 is 44.1. The number of carbonyl (C=O) groups excluding carboxylic acids is 1. The Morgan fingerprint density at radius 1 is 1.38 bits per heavy atom. The number of alkyl halides is 3. The Morgan fingerprint density at radius 3 is 2.84 bits per heavy atom. The average Bonchev–Trinajstić information content (AvgIpc) is 3.34. The number of aliphatic hydroxyl groups excluding tert-OH is 1. The van der Waals surface area contributed by atoms with Crippen molar-refractivity contribution in [1.82, 2.24) is 29.8 Å². The van der Waals surface area contributed by atoms with Crippen molar-refractivity contribution in [2.24, 2.45) is 0 Å². The van der Waals surface area contributed by atoms with Crippen molar-refractivity contribution in [3.63, 3.8) is 0 Å². The highest BCUT2D eigenvalue weighted by molar-refractivity contribution is 6.30. The minimum Gasteiger partial charge on any atom is -0.388 e. The van der Waals surface area contributed by atoms with Crippen LogP contribution in [-0.2, 0) is 9.53 Å². The number of ether oxygens (including phenoxy) is 1. The maximum Gasteiger partial charge on any atom is 0.405 e. The Bertz CT molecular complexity index is 1160. The molecule has 1 aliphatic rings. The normalized spacial score (nSPS) is 21.1. The zero-order valence-electron chi connectivity index (χ0n) is 16.5. The van der Waals surface area contributed by atoms with E-state index in [1.54, 1.807) is 18.4 Å². The van der Waals surface area contributed by atoms with Crippen molar-refractivity contribution in [3.05, 3.63) is 29.8 Å². The second kappa shape index (κ2) is 8.48. The van der Waals surface area contributed by atoms with Gasteiger partial charge in [-0.3, -0.25) is 14.3 Å². The number of hydrogen-bond donors (Lipinski definition) is 3. The highest BCUT2D eigenvalue weighted by atomic mass is 35.5. The van der Waals surface area contributed by atoms with Crippen molar-refractivity contribution in [3.8, 4) is 11.4 Å². The summed E-state index contributed by atoms with van der Waals surface area (Å²) in [5, 5.41) is 15.5. The van der Waals surface area contributed by atoms with E-state index in [0.717, 1.165) is 0 Å². The molecule has 3 atom stereocenters. The van der Waals surface area contributed by atoms with Crippen LogP contribution in [-0.4, -0.2) is 67.5 Å². The van der Waals surface area contributed by atoms with E-state index in [4.69, 9.17) is 16.3 Å². The van der Waals surface area contributed by atoms with Gasteiger partial charge in [0.1, 0.15) is 18.8 Å². The molecule has 3 aromatic heterocycles. The fourth-order valence-electron chi connectivity index (χ4n) is 3.31. The molecule has 14 heteroatoms. The van der Waals surface area contributed by atoms with Crippen molar-refractivity contribution < 1.29 is 27.8 Å². The van der Waals surface area contributed by atoms with Gasteiger partial charge in [-0.05, 0) is 6.07 Å². The van der Waals surface area contributed by atoms with Gasteiger partial charge >= 0.3 is 6.18 Å². The number of carbonyl (C=O) groups is 1. The lowest BCUT2D eigenvalue weighted by Crippen LogP contribution is -2.40. The van der Waals surface area contributed by atoms with Gasteiger partial charge in [0.25, 0.3) is 0 Å². The number of hydrogen-bond acceptors (Lipinski definition) is 8. The highest BCUT2D eigenvalue weighted by Gasteiger charge is 2.41. The predicted octanol–water partition coefficient (Wildman–Crippen LogP) is 1.91. The van der Waals surface area contributed by atoms with E-state index in [0.29, 0.717) is 21.9 Å². The molecule has 1 saturated heterocycles. The smallest absolute Gasteiger partial charge is 0.388 e. The molecule has 1 aliphatic heterocycles. The van der Waals surface area contributed by atoms with Crippen LogP contribution >= 0.6 is 11.6 Å². The van der Waals surface area contributed by atoms with Gasteiger partial charge in [-0.1, -0.05) is 11.6 Å². The van der Waals surface area contributed by atoms with E-state index in [2.05, 4.69) is 25.3 Å². The SMILES string of the molecule is CNc1nc(-c2cncc(Cl)c2)nc2c1ncn2[C@@H]1O[C@H](C(=O)NCC(F)(F)F)C[C@H]1O. The zero-order valence-corrected chi connectivity index (χ0v) is 17.2. The molecule has 0 bridgehead atoms. The largest absolute Gasteiger partial charge is 0.405 e. The molecule has 3 N–H and O–H groups in total. The van der Waals surface area contributed by atoms with Crippen molar-refractivity contribution in [1.29, 1.82) is 0 Å². The molecule has 1 fully saturated rings. The first-order valence-electron chi connectivity index (χ1n) is 9.37. The molecule has 4 heterocycles. The molecule has 3 aromatic rings. The molecule has 4 rings (SSSR count). The number of amides is 1. The zero-order chi connectivity index (χ0) is 23.0. The van der Waals surface area contributed by atoms with Crippen molar-refractivity contribution in [2.75, 3.05) is 18.9 Å². The van der Waals surface area contributed by atoms with E-state index in [9.17, 15) is 23.1 Å². The van der Waals surface area contributed by atoms with Crippen LogP contribution in [0.25, 0.3) is 22.6 Å². The second-order valence-corrected chi connectivity index (χ2v) is 7.45. The third-order valence-corrected chi connectivity index (χ3v) is 4.95. The van der Waals surface area contributed by atoms with Gasteiger partial charge in [0.15, 0.2) is 29.0 Å². The Kier molecular flexibility index (Phi) is 5.88. The van der Waals surface area contributed by atoms with Gasteiger partial charge in [-0.15, -0.1) is 0 Å². The molecule has 0 unspecified atom stereocenters. The van der Waals surface area contributed by atoms with Crippen LogP contribution < -0.4 is 10.6 Å². The Balaban J connectivity index is 1.66. The van der Waals surface area contributed by atoms with Crippen LogP contribution in [0.1, 0.15) is 12.6 Å². The lowest BCUT2D eigenvalue weighted by atomic mass is 10.2. The third-order valence-electron chi connectivity index (χ3n) is 4.74. The minimum absolute atomic E-state index is 0.191. The molecule has 0 aromatic carbocycles. The maximum atomic E-state index is 12.4. The van der Waals surface area contributed by atoms with Crippen LogP contribution in [0.2, 0.25) is 5.02 Å². The van der Waals surface area contributed by atoms with Gasteiger partial charge in [-0.2, -0.15) is 13.2 Å². The van der Waals surface area contributed by atoms with E-state index < -0.39 is 37.1 Å².